The van der Waals surface area contributed by atoms with Gasteiger partial charge in [0, 0.05) is 22.1 Å². The Hall–Kier alpha value is 0.410. The van der Waals surface area contributed by atoms with Crippen LogP contribution >= 0.6 is 15.9 Å². The van der Waals surface area contributed by atoms with Gasteiger partial charge >= 0.3 is 0 Å². The van der Waals surface area contributed by atoms with E-state index >= 15 is 0 Å². The topological polar surface area (TPSA) is 0 Å². The summed E-state index contributed by atoms with van der Waals surface area (Å²) in [7, 11) is 0. The first-order valence-corrected chi connectivity index (χ1v) is 4.90. The summed E-state index contributed by atoms with van der Waals surface area (Å²) in [5, 5.41) is 0. The molecule has 4 atom stereocenters. The lowest BCUT2D eigenvalue weighted by Gasteiger charge is -3.07. The maximum Gasteiger partial charge on any atom is 0.123 e. The lowest BCUT2D eigenvalue weighted by Crippen LogP contribution is -3.13. The van der Waals surface area contributed by atoms with Gasteiger partial charge in [-0.3, -0.25) is 0 Å². The van der Waals surface area contributed by atoms with Crippen LogP contribution in [0.3, 0.4) is 0 Å². The Labute approximate surface area is 66.3 Å². The molecule has 6 aliphatic rings. The Morgan fingerprint density at radius 3 is 2.00 bits per heavy atom. The van der Waals surface area contributed by atoms with Crippen molar-refractivity contribution in [1.82, 2.24) is 0 Å². The van der Waals surface area contributed by atoms with Crippen molar-refractivity contribution >= 4 is 15.9 Å². The average Bonchev–Trinajstić information content (AvgIpc) is 1.86. The van der Waals surface area contributed by atoms with Gasteiger partial charge in [0.25, 0.3) is 0 Å². The Morgan fingerprint density at radius 2 is 1.70 bits per heavy atom. The molecule has 0 spiro atoms. The Morgan fingerprint density at radius 1 is 1.10 bits per heavy atom. The lowest BCUT2D eigenvalue weighted by molar-refractivity contribution is -0.583. The van der Waals surface area contributed by atoms with E-state index in [0.717, 1.165) is 17.8 Å². The second kappa shape index (κ2) is 0.720. The van der Waals surface area contributed by atoms with Crippen LogP contribution in [0.1, 0.15) is 0 Å². The van der Waals surface area contributed by atoms with Crippen molar-refractivity contribution in [2.24, 2.45) is 35.5 Å². The van der Waals surface area contributed by atoms with Crippen LogP contribution in [0.25, 0.3) is 0 Å². The summed E-state index contributed by atoms with van der Waals surface area (Å²) in [6.07, 6.45) is 0. The van der Waals surface area contributed by atoms with Crippen LogP contribution in [0, 0.1) is 35.5 Å². The molecule has 0 aromatic carbocycles. The Kier molecular flexibility index (Phi) is 0.319. The highest BCUT2D eigenvalue weighted by atomic mass is 79.9. The Balaban J connectivity index is 1.89. The third-order valence-electron chi connectivity index (χ3n) is 5.36. The van der Waals surface area contributed by atoms with Crippen LogP contribution in [-0.2, 0) is 0 Å². The molecule has 0 N–H and O–H groups in total. The molecule has 6 saturated carbocycles. The summed E-state index contributed by atoms with van der Waals surface area (Å²) in [6.45, 7) is 0. The summed E-state index contributed by atoms with van der Waals surface area (Å²) >= 11 is 3.71. The van der Waals surface area contributed by atoms with Crippen molar-refractivity contribution in [1.29, 1.82) is 0 Å². The zero-order valence-corrected chi connectivity index (χ0v) is 6.81. The molecule has 0 aromatic heterocycles. The summed E-state index contributed by atoms with van der Waals surface area (Å²) in [5.41, 5.74) is -0.617. The Bertz CT molecular complexity index is 254. The molecule has 52 valence electrons. The predicted molar refractivity (Wildman–Crippen MR) is 36.4 cm³/mol. The third kappa shape index (κ3) is 0.127. The van der Waals surface area contributed by atoms with Gasteiger partial charge in [0.15, 0.2) is 0 Å². The van der Waals surface area contributed by atoms with Gasteiger partial charge in [-0.05, 0) is 17.8 Å². The molecule has 0 saturated heterocycles. The van der Waals surface area contributed by atoms with Crippen molar-refractivity contribution in [3.05, 3.63) is 0 Å². The molecule has 4 unspecified atom stereocenters. The first kappa shape index (κ1) is 4.44. The molecule has 0 aromatic rings. The van der Waals surface area contributed by atoms with Gasteiger partial charge in [0.1, 0.15) is 5.67 Å². The molecule has 0 aliphatic heterocycles. The fourth-order valence-electron chi connectivity index (χ4n) is 5.33. The van der Waals surface area contributed by atoms with Gasteiger partial charge < -0.3 is 0 Å². The summed E-state index contributed by atoms with van der Waals surface area (Å²) in [5.74, 6) is 4.14. The molecule has 2 heteroatoms. The van der Waals surface area contributed by atoms with Crippen LogP contribution < -0.4 is 0 Å². The van der Waals surface area contributed by atoms with Crippen molar-refractivity contribution in [2.45, 2.75) is 9.99 Å². The minimum Gasteiger partial charge on any atom is -0.243 e. The zero-order valence-electron chi connectivity index (χ0n) is 5.22. The third-order valence-corrected chi connectivity index (χ3v) is 6.87. The lowest BCUT2D eigenvalue weighted by atomic mass is 9.00. The van der Waals surface area contributed by atoms with Crippen LogP contribution in [0.4, 0.5) is 4.39 Å². The quantitative estimate of drug-likeness (QED) is 0.522. The normalized spacial score (nSPS) is 104. The van der Waals surface area contributed by atoms with Crippen LogP contribution in [-0.4, -0.2) is 9.99 Å². The average molecular weight is 201 g/mol. The van der Waals surface area contributed by atoms with E-state index in [1.165, 1.54) is 0 Å². The summed E-state index contributed by atoms with van der Waals surface area (Å²) < 4.78 is 14.0. The molecule has 0 radical (unpaired) electrons. The van der Waals surface area contributed by atoms with E-state index in [0.29, 0.717) is 22.1 Å². The van der Waals surface area contributed by atoms with Crippen LogP contribution in [0.2, 0.25) is 0 Å². The fourth-order valence-corrected chi connectivity index (χ4v) is 7.25. The smallest absolute Gasteiger partial charge is 0.123 e. The molecule has 0 amide bonds. The van der Waals surface area contributed by atoms with E-state index in [-0.39, 0.29) is 0 Å². The highest BCUT2D eigenvalue weighted by molar-refractivity contribution is 9.10. The predicted octanol–water partition coefficient (Wildman–Crippen LogP) is 1.59. The summed E-state index contributed by atoms with van der Waals surface area (Å²) in [6, 6.07) is 0. The minimum absolute atomic E-state index is 0.367. The van der Waals surface area contributed by atoms with Crippen molar-refractivity contribution in [3.8, 4) is 0 Å². The minimum atomic E-state index is -0.617. The van der Waals surface area contributed by atoms with Gasteiger partial charge in [-0.25, -0.2) is 4.39 Å². The number of hydrogen-bond acceptors (Lipinski definition) is 0. The van der Waals surface area contributed by atoms with Gasteiger partial charge in [-0.1, -0.05) is 15.9 Å². The first-order valence-electron chi connectivity index (χ1n) is 4.11. The number of alkyl halides is 2. The van der Waals surface area contributed by atoms with E-state index < -0.39 is 5.67 Å². The van der Waals surface area contributed by atoms with Crippen LogP contribution in [0.5, 0.6) is 0 Å². The molecule has 6 rings (SSSR count). The van der Waals surface area contributed by atoms with E-state index in [1.54, 1.807) is 0 Å². The van der Waals surface area contributed by atoms with E-state index in [1.807, 2.05) is 0 Å². The first-order chi connectivity index (χ1) is 4.73. The zero-order chi connectivity index (χ0) is 6.46. The van der Waals surface area contributed by atoms with Crippen molar-refractivity contribution in [2.75, 3.05) is 0 Å². The van der Waals surface area contributed by atoms with E-state index in [4.69, 9.17) is 0 Å². The van der Waals surface area contributed by atoms with Gasteiger partial charge in [0.2, 0.25) is 0 Å². The van der Waals surface area contributed by atoms with Gasteiger partial charge in [-0.15, -0.1) is 0 Å². The van der Waals surface area contributed by atoms with Crippen LogP contribution in [0.15, 0.2) is 0 Å². The molecule has 6 fully saturated rings. The van der Waals surface area contributed by atoms with Gasteiger partial charge in [0.05, 0.1) is 0 Å². The molecule has 0 bridgehead atoms. The van der Waals surface area contributed by atoms with E-state index in [2.05, 4.69) is 15.9 Å². The van der Waals surface area contributed by atoms with Gasteiger partial charge in [-0.2, -0.15) is 0 Å². The maximum absolute atomic E-state index is 13.6. The molecule has 0 heterocycles. The molecule has 10 heavy (non-hydrogen) atoms. The second-order valence-electron chi connectivity index (χ2n) is 4.82. The summed E-state index contributed by atoms with van der Waals surface area (Å²) in [4.78, 5) is 0. The SMILES string of the molecule is FC12C3C4C5C3C1C5(Br)C42. The maximum atomic E-state index is 13.6. The highest BCUT2D eigenvalue weighted by Gasteiger charge is 3.11. The number of rotatable bonds is 0. The standard InChI is InChI=1S/C8H6BrF/c9-7-3-1-4-2(3)6(7)8(4,10)5(1)7/h1-6H. The highest BCUT2D eigenvalue weighted by Crippen LogP contribution is 3.06. The fraction of sp³-hybridized carbons (Fsp3) is 1.00. The van der Waals surface area contributed by atoms with Crippen molar-refractivity contribution in [3.63, 3.8) is 0 Å². The van der Waals surface area contributed by atoms with Crippen molar-refractivity contribution < 1.29 is 4.39 Å². The second-order valence-corrected chi connectivity index (χ2v) is 6.19. The monoisotopic (exact) mass is 200 g/mol. The largest absolute Gasteiger partial charge is 0.243 e. The van der Waals surface area contributed by atoms with E-state index in [9.17, 15) is 4.39 Å². The molecule has 0 nitrogen and oxygen atoms in total. The number of halogens is 2. The number of hydrogen-bond donors (Lipinski definition) is 0. The molecular weight excluding hydrogens is 195 g/mol. The molecular formula is C8H6BrF. The molecule has 6 aliphatic carbocycles.